The first-order valence-electron chi connectivity index (χ1n) is 12.0. The topological polar surface area (TPSA) is 74.6 Å². The van der Waals surface area contributed by atoms with E-state index in [1.165, 1.54) is 11.1 Å². The molecule has 0 unspecified atom stereocenters. The molecule has 0 bridgehead atoms. The zero-order valence-electron chi connectivity index (χ0n) is 19.8. The lowest BCUT2D eigenvalue weighted by Gasteiger charge is -2.61. The minimum Gasteiger partial charge on any atom is -0.481 e. The lowest BCUT2D eigenvalue weighted by Crippen LogP contribution is -2.54. The fraction of sp³-hybridized carbons (Fsp3) is 0.704. The molecule has 0 aromatic rings. The smallest absolute Gasteiger partial charge is 0.303 e. The van der Waals surface area contributed by atoms with Gasteiger partial charge in [0, 0.05) is 6.42 Å². The van der Waals surface area contributed by atoms with Gasteiger partial charge in [0.1, 0.15) is 5.60 Å². The summed E-state index contributed by atoms with van der Waals surface area (Å²) in [5.74, 6) is 0.446. The van der Waals surface area contributed by atoms with Crippen LogP contribution in [-0.4, -0.2) is 27.6 Å². The van der Waals surface area contributed by atoms with Gasteiger partial charge in [0.15, 0.2) is 5.78 Å². The summed E-state index contributed by atoms with van der Waals surface area (Å²) in [7, 11) is 0. The number of carbonyl (C=O) groups is 2. The Morgan fingerprint density at radius 3 is 2.58 bits per heavy atom. The van der Waals surface area contributed by atoms with Gasteiger partial charge in [-0.3, -0.25) is 9.59 Å². The van der Waals surface area contributed by atoms with Crippen molar-refractivity contribution in [3.63, 3.8) is 0 Å². The molecule has 4 aliphatic rings. The number of allylic oxidation sites excluding steroid dienone is 4. The highest BCUT2D eigenvalue weighted by Gasteiger charge is 2.64. The van der Waals surface area contributed by atoms with Gasteiger partial charge < -0.3 is 10.2 Å². The molecule has 0 radical (unpaired) electrons. The highest BCUT2D eigenvalue weighted by Crippen LogP contribution is 2.71. The maximum absolute atomic E-state index is 12.3. The van der Waals surface area contributed by atoms with Crippen molar-refractivity contribution in [2.75, 3.05) is 0 Å². The van der Waals surface area contributed by atoms with E-state index in [1.54, 1.807) is 12.2 Å². The molecular weight excluding hydrogens is 388 g/mol. The van der Waals surface area contributed by atoms with E-state index in [2.05, 4.69) is 27.7 Å². The molecule has 0 aliphatic heterocycles. The van der Waals surface area contributed by atoms with E-state index in [-0.39, 0.29) is 29.0 Å². The third-order valence-electron chi connectivity index (χ3n) is 9.76. The number of aliphatic carboxylic acids is 1. The van der Waals surface area contributed by atoms with E-state index in [0.717, 1.165) is 43.3 Å². The normalized spacial score (nSPS) is 42.1. The zero-order valence-corrected chi connectivity index (χ0v) is 19.8. The molecule has 0 amide bonds. The van der Waals surface area contributed by atoms with Crippen molar-refractivity contribution in [2.45, 2.75) is 91.6 Å². The molecule has 4 rings (SSSR count). The number of carboxylic acid groups (broad SMARTS) is 1. The SMILES string of the molecule is CC1=CC(=O)C=C2C[C@@]3(C[C@@]12O)[C@@H](C)CC[C@@]1(C)[C@H](CCC(=O)O)C(=C(C)C)CC[C@@H]13. The Hall–Kier alpha value is -1.68. The van der Waals surface area contributed by atoms with Crippen LogP contribution in [0.15, 0.2) is 34.4 Å². The molecule has 1 spiro atoms. The predicted molar refractivity (Wildman–Crippen MR) is 121 cm³/mol. The molecule has 4 heteroatoms. The quantitative estimate of drug-likeness (QED) is 0.575. The van der Waals surface area contributed by atoms with E-state index in [9.17, 15) is 19.8 Å². The minimum absolute atomic E-state index is 0.00439. The lowest BCUT2D eigenvalue weighted by atomic mass is 9.43. The molecule has 3 saturated carbocycles. The summed E-state index contributed by atoms with van der Waals surface area (Å²) in [5.41, 5.74) is 3.49. The van der Waals surface area contributed by atoms with Gasteiger partial charge in [-0.2, -0.15) is 0 Å². The largest absolute Gasteiger partial charge is 0.481 e. The lowest BCUT2D eigenvalue weighted by molar-refractivity contribution is -0.139. The van der Waals surface area contributed by atoms with Crippen molar-refractivity contribution < 1.29 is 19.8 Å². The third kappa shape index (κ3) is 3.28. The Labute approximate surface area is 186 Å². The van der Waals surface area contributed by atoms with Crippen LogP contribution in [0.2, 0.25) is 0 Å². The molecule has 2 N–H and O–H groups in total. The molecule has 31 heavy (non-hydrogen) atoms. The molecule has 4 aliphatic carbocycles. The summed E-state index contributed by atoms with van der Waals surface area (Å²) in [6.07, 6.45) is 9.97. The van der Waals surface area contributed by atoms with Gasteiger partial charge in [-0.1, -0.05) is 25.0 Å². The number of ketones is 1. The average Bonchev–Trinajstić information content (AvgIpc) is 2.98. The van der Waals surface area contributed by atoms with E-state index in [1.807, 2.05) is 6.92 Å². The van der Waals surface area contributed by atoms with Crippen molar-refractivity contribution in [3.8, 4) is 0 Å². The maximum atomic E-state index is 12.3. The second-order valence-electron chi connectivity index (χ2n) is 11.4. The van der Waals surface area contributed by atoms with Gasteiger partial charge in [0.25, 0.3) is 0 Å². The molecule has 0 aromatic heterocycles. The number of hydrogen-bond acceptors (Lipinski definition) is 3. The van der Waals surface area contributed by atoms with Crippen LogP contribution >= 0.6 is 0 Å². The summed E-state index contributed by atoms with van der Waals surface area (Å²) in [6, 6.07) is 0. The number of aliphatic hydroxyl groups is 1. The van der Waals surface area contributed by atoms with Crippen molar-refractivity contribution in [2.24, 2.45) is 28.6 Å². The molecule has 170 valence electrons. The van der Waals surface area contributed by atoms with Crippen LogP contribution in [0, 0.1) is 28.6 Å². The number of rotatable bonds is 3. The molecule has 6 atom stereocenters. The van der Waals surface area contributed by atoms with Gasteiger partial charge in [0.05, 0.1) is 0 Å². The van der Waals surface area contributed by atoms with Crippen LogP contribution in [-0.2, 0) is 9.59 Å². The standard InChI is InChI=1S/C27H38O4/c1-16(2)21-6-8-23-25(5,22(21)7-9-24(29)30)11-10-17(3)26(23)14-19-13-20(28)12-18(4)27(19,31)15-26/h12-13,17,22-23,31H,6-11,14-15H2,1-5H3,(H,29,30)/t17-,22+,23-,25-,26+,27+/m0/s1. The molecule has 0 heterocycles. The number of hydrogen-bond donors (Lipinski definition) is 2. The van der Waals surface area contributed by atoms with Crippen LogP contribution in [0.5, 0.6) is 0 Å². The zero-order chi connectivity index (χ0) is 22.8. The minimum atomic E-state index is -0.992. The highest BCUT2D eigenvalue weighted by molar-refractivity contribution is 6.02. The van der Waals surface area contributed by atoms with Gasteiger partial charge in [-0.05, 0) is 118 Å². The number of fused-ring (bicyclic) bond motifs is 3. The van der Waals surface area contributed by atoms with E-state index >= 15 is 0 Å². The molecule has 0 aromatic carbocycles. The van der Waals surface area contributed by atoms with Gasteiger partial charge >= 0.3 is 5.97 Å². The first-order valence-corrected chi connectivity index (χ1v) is 12.0. The van der Waals surface area contributed by atoms with E-state index in [4.69, 9.17) is 0 Å². The Kier molecular flexibility index (Phi) is 5.40. The second kappa shape index (κ2) is 7.43. The first-order chi connectivity index (χ1) is 14.4. The van der Waals surface area contributed by atoms with Crippen molar-refractivity contribution in [1.82, 2.24) is 0 Å². The molecule has 4 nitrogen and oxygen atoms in total. The first kappa shape index (κ1) is 22.5. The molecular formula is C27H38O4. The second-order valence-corrected chi connectivity index (χ2v) is 11.4. The Bertz CT molecular complexity index is 904. The van der Waals surface area contributed by atoms with Gasteiger partial charge in [-0.25, -0.2) is 0 Å². The maximum Gasteiger partial charge on any atom is 0.303 e. The highest BCUT2D eigenvalue weighted by atomic mass is 16.4. The fourth-order valence-corrected chi connectivity index (χ4v) is 8.12. The predicted octanol–water partition coefficient (Wildman–Crippen LogP) is 5.62. The van der Waals surface area contributed by atoms with Crippen molar-refractivity contribution in [3.05, 3.63) is 34.4 Å². The average molecular weight is 427 g/mol. The summed E-state index contributed by atoms with van der Waals surface area (Å²) in [6.45, 7) is 11.0. The van der Waals surface area contributed by atoms with Gasteiger partial charge in [0.2, 0.25) is 0 Å². The summed E-state index contributed by atoms with van der Waals surface area (Å²) in [5, 5.41) is 21.1. The fourth-order valence-electron chi connectivity index (χ4n) is 8.12. The van der Waals surface area contributed by atoms with Crippen LogP contribution in [0.1, 0.15) is 86.0 Å². The Balaban J connectivity index is 1.78. The summed E-state index contributed by atoms with van der Waals surface area (Å²) < 4.78 is 0. The Morgan fingerprint density at radius 2 is 1.94 bits per heavy atom. The van der Waals surface area contributed by atoms with E-state index in [0.29, 0.717) is 24.7 Å². The number of carbonyl (C=O) groups excluding carboxylic acids is 1. The monoisotopic (exact) mass is 426 g/mol. The van der Waals surface area contributed by atoms with Crippen LogP contribution in [0.3, 0.4) is 0 Å². The van der Waals surface area contributed by atoms with Crippen molar-refractivity contribution >= 4 is 11.8 Å². The summed E-state index contributed by atoms with van der Waals surface area (Å²) >= 11 is 0. The van der Waals surface area contributed by atoms with Crippen LogP contribution in [0.4, 0.5) is 0 Å². The van der Waals surface area contributed by atoms with Gasteiger partial charge in [-0.15, -0.1) is 0 Å². The van der Waals surface area contributed by atoms with Crippen LogP contribution < -0.4 is 0 Å². The summed E-state index contributed by atoms with van der Waals surface area (Å²) in [4.78, 5) is 23.7. The number of carboxylic acids is 1. The van der Waals surface area contributed by atoms with Crippen molar-refractivity contribution in [1.29, 1.82) is 0 Å². The molecule has 3 fully saturated rings. The van der Waals surface area contributed by atoms with Crippen LogP contribution in [0.25, 0.3) is 0 Å². The molecule has 0 saturated heterocycles. The van der Waals surface area contributed by atoms with E-state index < -0.39 is 11.6 Å². The Morgan fingerprint density at radius 1 is 1.23 bits per heavy atom. The third-order valence-corrected chi connectivity index (χ3v) is 9.76.